The number of nitrogens with zero attached hydrogens (tertiary/aromatic N) is 3. The van der Waals surface area contributed by atoms with Crippen LogP contribution in [0.2, 0.25) is 0 Å². The third-order valence-corrected chi connectivity index (χ3v) is 5.23. The van der Waals surface area contributed by atoms with Crippen LogP contribution in [0.3, 0.4) is 0 Å². The predicted octanol–water partition coefficient (Wildman–Crippen LogP) is 4.50. The van der Waals surface area contributed by atoms with Crippen molar-refractivity contribution < 1.29 is 4.79 Å². The number of carbonyl (C=O) groups is 1. The number of amides is 2. The molecule has 4 rings (SSSR count). The van der Waals surface area contributed by atoms with Gasteiger partial charge in [0.2, 0.25) is 0 Å². The van der Waals surface area contributed by atoms with E-state index in [1.54, 1.807) is 0 Å². The van der Waals surface area contributed by atoms with Gasteiger partial charge in [-0.25, -0.2) is 9.78 Å². The molecule has 0 unspecified atom stereocenters. The van der Waals surface area contributed by atoms with Crippen LogP contribution >= 0.6 is 0 Å². The van der Waals surface area contributed by atoms with Gasteiger partial charge in [0.05, 0.1) is 0 Å². The van der Waals surface area contributed by atoms with Gasteiger partial charge in [-0.1, -0.05) is 42.0 Å². The fourth-order valence-electron chi connectivity index (χ4n) is 3.69. The summed E-state index contributed by atoms with van der Waals surface area (Å²) in [5, 5.41) is 10.2. The molecule has 1 fully saturated rings. The highest BCUT2D eigenvalue weighted by Gasteiger charge is 2.26. The Morgan fingerprint density at radius 2 is 1.79 bits per heavy atom. The van der Waals surface area contributed by atoms with Crippen LogP contribution in [0.15, 0.2) is 48.5 Å². The van der Waals surface area contributed by atoms with Crippen molar-refractivity contribution >= 4 is 11.7 Å². The van der Waals surface area contributed by atoms with Gasteiger partial charge < -0.3 is 10.2 Å². The monoisotopic (exact) mass is 375 g/mol. The van der Waals surface area contributed by atoms with Gasteiger partial charge in [0.25, 0.3) is 0 Å². The zero-order valence-electron chi connectivity index (χ0n) is 16.3. The maximum atomic E-state index is 12.7. The number of likely N-dealkylation sites (tertiary alicyclic amines) is 1. The van der Waals surface area contributed by atoms with Crippen LogP contribution in [0.4, 0.5) is 10.5 Å². The predicted molar refractivity (Wildman–Crippen MR) is 110 cm³/mol. The lowest BCUT2D eigenvalue weighted by molar-refractivity contribution is 0.193. The van der Waals surface area contributed by atoms with Crippen LogP contribution in [0.5, 0.6) is 0 Å². The summed E-state index contributed by atoms with van der Waals surface area (Å²) in [5.74, 6) is 2.02. The van der Waals surface area contributed by atoms with Gasteiger partial charge in [-0.3, -0.25) is 5.10 Å². The number of aryl methyl sites for hydroxylation is 2. The zero-order valence-corrected chi connectivity index (χ0v) is 16.3. The Kier molecular flexibility index (Phi) is 5.10. The van der Waals surface area contributed by atoms with Crippen molar-refractivity contribution in [3.8, 4) is 11.1 Å². The first kappa shape index (κ1) is 18.2. The second-order valence-corrected chi connectivity index (χ2v) is 7.42. The van der Waals surface area contributed by atoms with Crippen LogP contribution in [-0.4, -0.2) is 39.2 Å². The summed E-state index contributed by atoms with van der Waals surface area (Å²) >= 11 is 0. The summed E-state index contributed by atoms with van der Waals surface area (Å²) in [6, 6.07) is 16.3. The third kappa shape index (κ3) is 4.06. The minimum Gasteiger partial charge on any atom is -0.324 e. The van der Waals surface area contributed by atoms with Crippen molar-refractivity contribution in [1.29, 1.82) is 0 Å². The maximum absolute atomic E-state index is 12.7. The number of hydrogen-bond donors (Lipinski definition) is 2. The summed E-state index contributed by atoms with van der Waals surface area (Å²) in [6.07, 6.45) is 1.77. The number of benzene rings is 2. The Balaban J connectivity index is 1.38. The molecule has 6 heteroatoms. The second kappa shape index (κ2) is 7.84. The molecule has 0 radical (unpaired) electrons. The number of rotatable bonds is 3. The Morgan fingerprint density at radius 3 is 2.46 bits per heavy atom. The second-order valence-electron chi connectivity index (χ2n) is 7.42. The molecule has 1 aromatic heterocycles. The molecular formula is C22H25N5O. The summed E-state index contributed by atoms with van der Waals surface area (Å²) in [6.45, 7) is 5.41. The molecule has 28 heavy (non-hydrogen) atoms. The van der Waals surface area contributed by atoms with Gasteiger partial charge in [-0.15, -0.1) is 0 Å². The molecule has 0 atom stereocenters. The number of urea groups is 1. The van der Waals surface area contributed by atoms with Gasteiger partial charge in [-0.2, -0.15) is 5.10 Å². The van der Waals surface area contributed by atoms with Crippen LogP contribution in [-0.2, 0) is 0 Å². The summed E-state index contributed by atoms with van der Waals surface area (Å²) in [5.41, 5.74) is 4.28. The Morgan fingerprint density at radius 1 is 1.07 bits per heavy atom. The average Bonchev–Trinajstić information content (AvgIpc) is 3.15. The Bertz CT molecular complexity index is 972. The van der Waals surface area contributed by atoms with E-state index in [-0.39, 0.29) is 6.03 Å². The number of piperidine rings is 1. The number of aromatic nitrogens is 3. The van der Waals surface area contributed by atoms with Gasteiger partial charge in [0.15, 0.2) is 5.82 Å². The molecule has 1 aliphatic rings. The SMILES string of the molecule is Cc1cccc(-c2cccc(NC(=O)N3CCC(c4n[nH]c(C)n4)CC3)c2)c1. The van der Waals surface area contributed by atoms with Gasteiger partial charge >= 0.3 is 6.03 Å². The number of anilines is 1. The maximum Gasteiger partial charge on any atom is 0.321 e. The van der Waals surface area contributed by atoms with Crippen LogP contribution in [0.1, 0.15) is 36.0 Å². The van der Waals surface area contributed by atoms with Crippen molar-refractivity contribution in [2.75, 3.05) is 18.4 Å². The smallest absolute Gasteiger partial charge is 0.321 e. The van der Waals surface area contributed by atoms with E-state index in [4.69, 9.17) is 0 Å². The lowest BCUT2D eigenvalue weighted by Gasteiger charge is -2.30. The summed E-state index contributed by atoms with van der Waals surface area (Å²) in [7, 11) is 0. The fourth-order valence-corrected chi connectivity index (χ4v) is 3.69. The number of nitrogens with one attached hydrogen (secondary N) is 2. The van der Waals surface area contributed by atoms with Crippen LogP contribution in [0, 0.1) is 13.8 Å². The first-order valence-electron chi connectivity index (χ1n) is 9.70. The highest BCUT2D eigenvalue weighted by molar-refractivity contribution is 5.90. The lowest BCUT2D eigenvalue weighted by atomic mass is 9.96. The number of hydrogen-bond acceptors (Lipinski definition) is 3. The number of H-pyrrole nitrogens is 1. The summed E-state index contributed by atoms with van der Waals surface area (Å²) in [4.78, 5) is 19.0. The molecule has 0 saturated carbocycles. The molecule has 2 amide bonds. The largest absolute Gasteiger partial charge is 0.324 e. The van der Waals surface area contributed by atoms with E-state index in [1.807, 2.05) is 30.0 Å². The van der Waals surface area contributed by atoms with Crippen molar-refractivity contribution in [2.45, 2.75) is 32.6 Å². The van der Waals surface area contributed by atoms with E-state index in [1.165, 1.54) is 5.56 Å². The van der Waals surface area contributed by atoms with E-state index >= 15 is 0 Å². The Labute approximate surface area is 165 Å². The molecule has 2 N–H and O–H groups in total. The van der Waals surface area contributed by atoms with Gasteiger partial charge in [0, 0.05) is 24.7 Å². The quantitative estimate of drug-likeness (QED) is 0.708. The van der Waals surface area contributed by atoms with E-state index in [0.717, 1.165) is 41.3 Å². The lowest BCUT2D eigenvalue weighted by Crippen LogP contribution is -2.40. The minimum absolute atomic E-state index is 0.0500. The van der Waals surface area contributed by atoms with E-state index in [2.05, 4.69) is 57.8 Å². The molecule has 0 spiro atoms. The van der Waals surface area contributed by atoms with Crippen molar-refractivity contribution in [3.05, 3.63) is 65.7 Å². The molecule has 0 bridgehead atoms. The normalized spacial score (nSPS) is 14.9. The molecule has 2 heterocycles. The standard InChI is InChI=1S/C22H25N5O/c1-15-5-3-6-18(13-15)19-7-4-8-20(14-19)24-22(28)27-11-9-17(10-12-27)21-23-16(2)25-26-21/h3-8,13-14,17H,9-12H2,1-2H3,(H,24,28)(H,23,25,26). The zero-order chi connectivity index (χ0) is 19.5. The van der Waals surface area contributed by atoms with Crippen molar-refractivity contribution in [3.63, 3.8) is 0 Å². The first-order valence-corrected chi connectivity index (χ1v) is 9.70. The Hall–Kier alpha value is -3.15. The highest BCUT2D eigenvalue weighted by Crippen LogP contribution is 2.27. The van der Waals surface area contributed by atoms with Gasteiger partial charge in [0.1, 0.15) is 5.82 Å². The highest BCUT2D eigenvalue weighted by atomic mass is 16.2. The van der Waals surface area contributed by atoms with Crippen LogP contribution < -0.4 is 5.32 Å². The van der Waals surface area contributed by atoms with E-state index in [9.17, 15) is 4.79 Å². The molecule has 144 valence electrons. The average molecular weight is 375 g/mol. The molecule has 1 aliphatic heterocycles. The molecule has 1 saturated heterocycles. The number of aromatic amines is 1. The molecule has 6 nitrogen and oxygen atoms in total. The molecule has 0 aliphatic carbocycles. The topological polar surface area (TPSA) is 73.9 Å². The third-order valence-electron chi connectivity index (χ3n) is 5.23. The first-order chi connectivity index (χ1) is 13.6. The number of carbonyl (C=O) groups excluding carboxylic acids is 1. The molecule has 2 aromatic carbocycles. The fraction of sp³-hybridized carbons (Fsp3) is 0.318. The minimum atomic E-state index is -0.0500. The van der Waals surface area contributed by atoms with E-state index in [0.29, 0.717) is 19.0 Å². The molecular weight excluding hydrogens is 350 g/mol. The van der Waals surface area contributed by atoms with Crippen LogP contribution in [0.25, 0.3) is 11.1 Å². The van der Waals surface area contributed by atoms with Crippen molar-refractivity contribution in [1.82, 2.24) is 20.1 Å². The van der Waals surface area contributed by atoms with E-state index < -0.39 is 0 Å². The molecule has 3 aromatic rings. The van der Waals surface area contributed by atoms with Gasteiger partial charge in [-0.05, 0) is 49.9 Å². The summed E-state index contributed by atoms with van der Waals surface area (Å²) < 4.78 is 0. The van der Waals surface area contributed by atoms with Crippen molar-refractivity contribution in [2.24, 2.45) is 0 Å².